The van der Waals surface area contributed by atoms with Crippen LogP contribution in [0.25, 0.3) is 0 Å². The standard InChI is InChI=1S/C29H27FN2O4S/c1-20-8-10-21(11-9-20)36-19-26-24-13-16-37-27(24)12-14-32(26)28(33)18-31(17-22-5-4-15-35-22)29(34)23-6-2-3-7-25(23)30/h2-11,13,15-16,26H,12,14,17-19H2,1H3. The van der Waals surface area contributed by atoms with Crippen LogP contribution in [0.2, 0.25) is 0 Å². The van der Waals surface area contributed by atoms with Gasteiger partial charge in [-0.15, -0.1) is 11.3 Å². The van der Waals surface area contributed by atoms with Crippen molar-refractivity contribution in [2.24, 2.45) is 0 Å². The maximum Gasteiger partial charge on any atom is 0.257 e. The lowest BCUT2D eigenvalue weighted by Gasteiger charge is -2.37. The molecule has 190 valence electrons. The number of fused-ring (bicyclic) bond motifs is 1. The fourth-order valence-corrected chi connectivity index (χ4v) is 5.46. The van der Waals surface area contributed by atoms with Gasteiger partial charge in [-0.05, 0) is 66.8 Å². The van der Waals surface area contributed by atoms with Crippen LogP contribution >= 0.6 is 11.3 Å². The van der Waals surface area contributed by atoms with Gasteiger partial charge in [-0.25, -0.2) is 4.39 Å². The average Bonchev–Trinajstić information content (AvgIpc) is 3.60. The number of carbonyl (C=O) groups is 2. The number of hydrogen-bond acceptors (Lipinski definition) is 5. The van der Waals surface area contributed by atoms with Crippen LogP contribution in [-0.4, -0.2) is 41.3 Å². The average molecular weight is 519 g/mol. The normalized spacial score (nSPS) is 14.8. The highest BCUT2D eigenvalue weighted by Crippen LogP contribution is 2.34. The lowest BCUT2D eigenvalue weighted by atomic mass is 10.00. The zero-order valence-electron chi connectivity index (χ0n) is 20.4. The second-order valence-corrected chi connectivity index (χ2v) is 10.00. The van der Waals surface area contributed by atoms with Gasteiger partial charge in [0.25, 0.3) is 5.91 Å². The smallest absolute Gasteiger partial charge is 0.257 e. The molecular weight excluding hydrogens is 491 g/mol. The molecule has 2 aromatic carbocycles. The first-order valence-corrected chi connectivity index (χ1v) is 13.0. The number of carbonyl (C=O) groups excluding carboxylic acids is 2. The molecule has 1 aliphatic heterocycles. The fraction of sp³-hybridized carbons (Fsp3) is 0.241. The second kappa shape index (κ2) is 11.0. The van der Waals surface area contributed by atoms with E-state index < -0.39 is 11.7 Å². The molecule has 0 saturated heterocycles. The Morgan fingerprint density at radius 1 is 1.11 bits per heavy atom. The van der Waals surface area contributed by atoms with Crippen LogP contribution in [-0.2, 0) is 17.8 Å². The molecule has 4 aromatic rings. The van der Waals surface area contributed by atoms with Crippen molar-refractivity contribution in [1.82, 2.24) is 9.80 Å². The van der Waals surface area contributed by atoms with Crippen molar-refractivity contribution in [2.45, 2.75) is 25.9 Å². The molecule has 2 amide bonds. The molecule has 0 spiro atoms. The Hall–Kier alpha value is -3.91. The highest BCUT2D eigenvalue weighted by atomic mass is 32.1. The number of benzene rings is 2. The van der Waals surface area contributed by atoms with Crippen LogP contribution in [0.1, 0.15) is 38.2 Å². The quantitative estimate of drug-likeness (QED) is 0.303. The Labute approximate surface area is 218 Å². The highest BCUT2D eigenvalue weighted by molar-refractivity contribution is 7.10. The predicted octanol–water partition coefficient (Wildman–Crippen LogP) is 5.64. The number of rotatable bonds is 8. The van der Waals surface area contributed by atoms with Gasteiger partial charge in [-0.2, -0.15) is 0 Å². The van der Waals surface area contributed by atoms with E-state index >= 15 is 0 Å². The summed E-state index contributed by atoms with van der Waals surface area (Å²) in [5, 5.41) is 2.03. The van der Waals surface area contributed by atoms with E-state index in [9.17, 15) is 14.0 Å². The first-order valence-electron chi connectivity index (χ1n) is 12.1. The molecule has 8 heteroatoms. The van der Waals surface area contributed by atoms with E-state index in [0.29, 0.717) is 12.3 Å². The molecule has 1 aliphatic rings. The first kappa shape index (κ1) is 24.8. The summed E-state index contributed by atoms with van der Waals surface area (Å²) in [6.07, 6.45) is 2.24. The van der Waals surface area contributed by atoms with Crippen molar-refractivity contribution in [3.8, 4) is 5.75 Å². The van der Waals surface area contributed by atoms with Gasteiger partial charge in [0.1, 0.15) is 30.5 Å². The Kier molecular flexibility index (Phi) is 7.37. The molecule has 0 saturated carbocycles. The zero-order chi connectivity index (χ0) is 25.8. The van der Waals surface area contributed by atoms with Crippen LogP contribution in [0.5, 0.6) is 5.75 Å². The number of ether oxygens (including phenoxy) is 1. The molecule has 0 fully saturated rings. The number of nitrogens with zero attached hydrogens (tertiary/aromatic N) is 2. The number of aryl methyl sites for hydroxylation is 1. The fourth-order valence-electron chi connectivity index (χ4n) is 4.53. The second-order valence-electron chi connectivity index (χ2n) is 9.00. The number of furan rings is 1. The van der Waals surface area contributed by atoms with Gasteiger partial charge in [0.2, 0.25) is 5.91 Å². The van der Waals surface area contributed by atoms with E-state index in [1.54, 1.807) is 34.4 Å². The van der Waals surface area contributed by atoms with Gasteiger partial charge < -0.3 is 19.0 Å². The molecule has 0 bridgehead atoms. The monoisotopic (exact) mass is 518 g/mol. The third-order valence-corrected chi connectivity index (χ3v) is 7.48. The zero-order valence-corrected chi connectivity index (χ0v) is 21.2. The van der Waals surface area contributed by atoms with E-state index in [1.807, 2.05) is 42.6 Å². The first-order chi connectivity index (χ1) is 18.0. The molecule has 1 unspecified atom stereocenters. The Morgan fingerprint density at radius 2 is 1.92 bits per heavy atom. The van der Waals surface area contributed by atoms with Crippen LogP contribution in [0, 0.1) is 12.7 Å². The molecule has 6 nitrogen and oxygen atoms in total. The maximum atomic E-state index is 14.5. The minimum absolute atomic E-state index is 0.0496. The van der Waals surface area contributed by atoms with Crippen molar-refractivity contribution in [1.29, 1.82) is 0 Å². The lowest BCUT2D eigenvalue weighted by Crippen LogP contribution is -2.47. The minimum Gasteiger partial charge on any atom is -0.491 e. The summed E-state index contributed by atoms with van der Waals surface area (Å²) in [6.45, 7) is 2.65. The molecule has 0 N–H and O–H groups in total. The Morgan fingerprint density at radius 3 is 2.68 bits per heavy atom. The molecule has 0 radical (unpaired) electrons. The molecule has 1 atom stereocenters. The van der Waals surface area contributed by atoms with Gasteiger partial charge in [0.05, 0.1) is 24.4 Å². The molecule has 0 aliphatic carbocycles. The summed E-state index contributed by atoms with van der Waals surface area (Å²) in [4.78, 5) is 31.4. The SMILES string of the molecule is Cc1ccc(OCC2c3ccsc3CCN2C(=O)CN(Cc2ccco2)C(=O)c2ccccc2F)cc1. The molecule has 5 rings (SSSR count). The molecule has 3 heterocycles. The van der Waals surface area contributed by atoms with Crippen molar-refractivity contribution >= 4 is 23.2 Å². The van der Waals surface area contributed by atoms with Crippen molar-refractivity contribution in [3.63, 3.8) is 0 Å². The highest BCUT2D eigenvalue weighted by Gasteiger charge is 2.34. The van der Waals surface area contributed by atoms with Crippen LogP contribution < -0.4 is 4.74 Å². The maximum absolute atomic E-state index is 14.5. The Bertz CT molecular complexity index is 1370. The van der Waals surface area contributed by atoms with E-state index in [-0.39, 0.29) is 37.2 Å². The van der Waals surface area contributed by atoms with Gasteiger partial charge in [0.15, 0.2) is 0 Å². The topological polar surface area (TPSA) is 63.0 Å². The largest absolute Gasteiger partial charge is 0.491 e. The number of thiophene rings is 1. The number of amides is 2. The van der Waals surface area contributed by atoms with Gasteiger partial charge in [-0.3, -0.25) is 9.59 Å². The van der Waals surface area contributed by atoms with Crippen molar-refractivity contribution in [3.05, 3.63) is 112 Å². The van der Waals surface area contributed by atoms with Crippen LogP contribution in [0.4, 0.5) is 4.39 Å². The molecular formula is C29H27FN2O4S. The summed E-state index contributed by atoms with van der Waals surface area (Å²) in [5.74, 6) is -0.186. The van der Waals surface area contributed by atoms with Crippen molar-refractivity contribution < 1.29 is 23.1 Å². The summed E-state index contributed by atoms with van der Waals surface area (Å²) in [7, 11) is 0. The summed E-state index contributed by atoms with van der Waals surface area (Å²) in [5.41, 5.74) is 2.12. The van der Waals surface area contributed by atoms with Crippen LogP contribution in [0.3, 0.4) is 0 Å². The third kappa shape index (κ3) is 5.59. The number of halogens is 1. The molecule has 37 heavy (non-hydrogen) atoms. The Balaban J connectivity index is 1.38. The summed E-state index contributed by atoms with van der Waals surface area (Å²) in [6, 6.07) is 18.8. The number of hydrogen-bond donors (Lipinski definition) is 0. The van der Waals surface area contributed by atoms with Crippen molar-refractivity contribution in [2.75, 3.05) is 19.7 Å². The van der Waals surface area contributed by atoms with Crippen LogP contribution in [0.15, 0.2) is 82.8 Å². The van der Waals surface area contributed by atoms with Gasteiger partial charge in [0, 0.05) is 11.4 Å². The predicted molar refractivity (Wildman–Crippen MR) is 139 cm³/mol. The van der Waals surface area contributed by atoms with Gasteiger partial charge >= 0.3 is 0 Å². The molecule has 2 aromatic heterocycles. The van der Waals surface area contributed by atoms with Gasteiger partial charge in [-0.1, -0.05) is 29.8 Å². The lowest BCUT2D eigenvalue weighted by molar-refractivity contribution is -0.135. The third-order valence-electron chi connectivity index (χ3n) is 6.49. The van der Waals surface area contributed by atoms with E-state index in [1.165, 1.54) is 34.2 Å². The van der Waals surface area contributed by atoms with E-state index in [2.05, 4.69) is 0 Å². The summed E-state index contributed by atoms with van der Waals surface area (Å²) < 4.78 is 26.0. The van der Waals surface area contributed by atoms with E-state index in [4.69, 9.17) is 9.15 Å². The minimum atomic E-state index is -0.630. The summed E-state index contributed by atoms with van der Waals surface area (Å²) >= 11 is 1.67. The van der Waals surface area contributed by atoms with E-state index in [0.717, 1.165) is 23.3 Å².